The standard InChI is InChI=1S/C15H12FN7O/c1-23-7-9(5-20-23)14-21-13(24-22-14)6-17-15-11-4-10(16)2-3-12(11)18-8-19-15/h2-5,7-8H,6H2,1H3,(H,17,18,19). The number of hydrogen-bond donors (Lipinski definition) is 1. The second-order valence-corrected chi connectivity index (χ2v) is 5.15. The van der Waals surface area contributed by atoms with Gasteiger partial charge in [-0.3, -0.25) is 4.68 Å². The highest BCUT2D eigenvalue weighted by Gasteiger charge is 2.11. The van der Waals surface area contributed by atoms with Gasteiger partial charge in [0, 0.05) is 18.6 Å². The average Bonchev–Trinajstić information content (AvgIpc) is 3.21. The number of nitrogens with zero attached hydrogens (tertiary/aromatic N) is 6. The van der Waals surface area contributed by atoms with E-state index in [0.29, 0.717) is 28.4 Å². The van der Waals surface area contributed by atoms with E-state index >= 15 is 0 Å². The monoisotopic (exact) mass is 325 g/mol. The molecule has 9 heteroatoms. The summed E-state index contributed by atoms with van der Waals surface area (Å²) in [6, 6.07) is 4.34. The molecule has 0 aliphatic rings. The first-order valence-corrected chi connectivity index (χ1v) is 7.15. The molecular weight excluding hydrogens is 313 g/mol. The summed E-state index contributed by atoms with van der Waals surface area (Å²) in [6.45, 7) is 0.260. The van der Waals surface area contributed by atoms with Crippen LogP contribution >= 0.6 is 0 Å². The average molecular weight is 325 g/mol. The number of benzene rings is 1. The molecule has 0 saturated carbocycles. The summed E-state index contributed by atoms with van der Waals surface area (Å²) in [5, 5.41) is 11.6. The second kappa shape index (κ2) is 5.69. The predicted octanol–water partition coefficient (Wildman–Crippen LogP) is 2.16. The molecule has 4 aromatic rings. The molecule has 0 fully saturated rings. The zero-order valence-corrected chi connectivity index (χ0v) is 12.6. The van der Waals surface area contributed by atoms with Crippen LogP contribution in [-0.4, -0.2) is 29.9 Å². The predicted molar refractivity (Wildman–Crippen MR) is 83.3 cm³/mol. The van der Waals surface area contributed by atoms with Crippen molar-refractivity contribution in [2.45, 2.75) is 6.54 Å². The van der Waals surface area contributed by atoms with Gasteiger partial charge in [0.05, 0.1) is 23.8 Å². The van der Waals surface area contributed by atoms with Crippen LogP contribution in [-0.2, 0) is 13.6 Å². The largest absolute Gasteiger partial charge is 0.360 e. The van der Waals surface area contributed by atoms with Crippen LogP contribution in [0, 0.1) is 5.82 Å². The number of anilines is 1. The number of nitrogens with one attached hydrogen (secondary N) is 1. The van der Waals surface area contributed by atoms with Gasteiger partial charge in [0.1, 0.15) is 18.0 Å². The van der Waals surface area contributed by atoms with E-state index in [4.69, 9.17) is 4.52 Å². The maximum Gasteiger partial charge on any atom is 0.246 e. The molecule has 1 N–H and O–H groups in total. The normalized spacial score (nSPS) is 11.1. The van der Waals surface area contributed by atoms with Crippen LogP contribution in [0.2, 0.25) is 0 Å². The van der Waals surface area contributed by atoms with Crippen molar-refractivity contribution < 1.29 is 8.91 Å². The fraction of sp³-hybridized carbons (Fsp3) is 0.133. The van der Waals surface area contributed by atoms with E-state index in [-0.39, 0.29) is 12.4 Å². The second-order valence-electron chi connectivity index (χ2n) is 5.15. The lowest BCUT2D eigenvalue weighted by Gasteiger charge is -2.05. The molecule has 0 radical (unpaired) electrons. The molecule has 3 aromatic heterocycles. The van der Waals surface area contributed by atoms with Crippen molar-refractivity contribution >= 4 is 16.7 Å². The maximum absolute atomic E-state index is 13.4. The van der Waals surface area contributed by atoms with Crippen LogP contribution in [0.1, 0.15) is 5.89 Å². The molecule has 8 nitrogen and oxygen atoms in total. The Balaban J connectivity index is 1.55. The molecule has 0 aliphatic carbocycles. The molecule has 24 heavy (non-hydrogen) atoms. The zero-order valence-electron chi connectivity index (χ0n) is 12.6. The number of rotatable bonds is 4. The number of aryl methyl sites for hydroxylation is 1. The minimum atomic E-state index is -0.350. The summed E-state index contributed by atoms with van der Waals surface area (Å²) in [6.07, 6.45) is 4.86. The Morgan fingerprint density at radius 1 is 1.29 bits per heavy atom. The van der Waals surface area contributed by atoms with Gasteiger partial charge >= 0.3 is 0 Å². The lowest BCUT2D eigenvalue weighted by Crippen LogP contribution is -2.03. The Kier molecular flexibility index (Phi) is 3.38. The first kappa shape index (κ1) is 14.2. The topological polar surface area (TPSA) is 94.6 Å². The fourth-order valence-electron chi connectivity index (χ4n) is 2.31. The van der Waals surface area contributed by atoms with E-state index in [1.54, 1.807) is 23.1 Å². The van der Waals surface area contributed by atoms with Gasteiger partial charge in [-0.15, -0.1) is 0 Å². The number of aromatic nitrogens is 6. The van der Waals surface area contributed by atoms with Gasteiger partial charge in [-0.25, -0.2) is 14.4 Å². The molecule has 0 aliphatic heterocycles. The smallest absolute Gasteiger partial charge is 0.246 e. The van der Waals surface area contributed by atoms with Crippen molar-refractivity contribution in [2.24, 2.45) is 7.05 Å². The van der Waals surface area contributed by atoms with Crippen LogP contribution in [0.4, 0.5) is 10.2 Å². The molecule has 4 rings (SSSR count). The van der Waals surface area contributed by atoms with Crippen molar-refractivity contribution in [2.75, 3.05) is 5.32 Å². The van der Waals surface area contributed by atoms with Gasteiger partial charge in [0.25, 0.3) is 0 Å². The van der Waals surface area contributed by atoms with E-state index in [0.717, 1.165) is 5.56 Å². The zero-order chi connectivity index (χ0) is 16.5. The van der Waals surface area contributed by atoms with Gasteiger partial charge in [-0.05, 0) is 18.2 Å². The summed E-state index contributed by atoms with van der Waals surface area (Å²) in [7, 11) is 1.81. The molecule has 1 aromatic carbocycles. The van der Waals surface area contributed by atoms with Crippen LogP contribution in [0.15, 0.2) is 41.4 Å². The Hall–Kier alpha value is -3.36. The third-order valence-corrected chi connectivity index (χ3v) is 3.44. The summed E-state index contributed by atoms with van der Waals surface area (Å²) in [4.78, 5) is 12.5. The summed E-state index contributed by atoms with van der Waals surface area (Å²) >= 11 is 0. The lowest BCUT2D eigenvalue weighted by atomic mass is 10.2. The van der Waals surface area contributed by atoms with Crippen molar-refractivity contribution in [3.63, 3.8) is 0 Å². The van der Waals surface area contributed by atoms with E-state index < -0.39 is 0 Å². The highest BCUT2D eigenvalue weighted by Crippen LogP contribution is 2.21. The number of fused-ring (bicyclic) bond motifs is 1. The Labute approximate surface area is 135 Å². The first-order chi connectivity index (χ1) is 11.7. The van der Waals surface area contributed by atoms with Gasteiger partial charge in [0.2, 0.25) is 11.7 Å². The van der Waals surface area contributed by atoms with Gasteiger partial charge in [-0.2, -0.15) is 10.1 Å². The maximum atomic E-state index is 13.4. The summed E-state index contributed by atoms with van der Waals surface area (Å²) < 4.78 is 20.3. The Bertz CT molecular complexity index is 1010. The third kappa shape index (κ3) is 2.67. The third-order valence-electron chi connectivity index (χ3n) is 3.44. The lowest BCUT2D eigenvalue weighted by molar-refractivity contribution is 0.384. The number of hydrogen-bond acceptors (Lipinski definition) is 7. The van der Waals surface area contributed by atoms with Gasteiger partial charge < -0.3 is 9.84 Å². The Morgan fingerprint density at radius 2 is 2.21 bits per heavy atom. The van der Waals surface area contributed by atoms with Crippen LogP contribution in [0.25, 0.3) is 22.3 Å². The minimum Gasteiger partial charge on any atom is -0.360 e. The van der Waals surface area contributed by atoms with Gasteiger partial charge in [0.15, 0.2) is 0 Å². The molecule has 0 atom stereocenters. The van der Waals surface area contributed by atoms with Crippen LogP contribution < -0.4 is 5.32 Å². The number of halogens is 1. The summed E-state index contributed by atoms with van der Waals surface area (Å²) in [5.74, 6) is 0.994. The quantitative estimate of drug-likeness (QED) is 0.614. The molecule has 0 bridgehead atoms. The fourth-order valence-corrected chi connectivity index (χ4v) is 2.31. The van der Waals surface area contributed by atoms with Crippen molar-refractivity contribution in [1.29, 1.82) is 0 Å². The molecule has 3 heterocycles. The molecule has 0 spiro atoms. The highest BCUT2D eigenvalue weighted by molar-refractivity contribution is 5.88. The van der Waals surface area contributed by atoms with Crippen molar-refractivity contribution in [3.8, 4) is 11.4 Å². The Morgan fingerprint density at radius 3 is 3.04 bits per heavy atom. The van der Waals surface area contributed by atoms with Crippen LogP contribution in [0.3, 0.4) is 0 Å². The van der Waals surface area contributed by atoms with Gasteiger partial charge in [-0.1, -0.05) is 5.16 Å². The highest BCUT2D eigenvalue weighted by atomic mass is 19.1. The van der Waals surface area contributed by atoms with E-state index in [2.05, 4.69) is 30.5 Å². The molecule has 0 saturated heterocycles. The minimum absolute atomic E-state index is 0.260. The van der Waals surface area contributed by atoms with Crippen molar-refractivity contribution in [3.05, 3.63) is 48.6 Å². The molecule has 120 valence electrons. The van der Waals surface area contributed by atoms with Crippen LogP contribution in [0.5, 0.6) is 0 Å². The SMILES string of the molecule is Cn1cc(-c2noc(CNc3ncnc4ccc(F)cc34)n2)cn1. The van der Waals surface area contributed by atoms with E-state index in [1.165, 1.54) is 18.5 Å². The molecule has 0 amide bonds. The first-order valence-electron chi connectivity index (χ1n) is 7.15. The van der Waals surface area contributed by atoms with Crippen molar-refractivity contribution in [1.82, 2.24) is 29.9 Å². The molecule has 0 unspecified atom stereocenters. The summed E-state index contributed by atoms with van der Waals surface area (Å²) in [5.41, 5.74) is 1.41. The molecular formula is C15H12FN7O. The van der Waals surface area contributed by atoms with E-state index in [9.17, 15) is 4.39 Å². The van der Waals surface area contributed by atoms with E-state index in [1.807, 2.05) is 7.05 Å².